The quantitative estimate of drug-likeness (QED) is 0.873. The molecular weight excluding hydrogens is 286 g/mol. The average Bonchev–Trinajstić information content (AvgIpc) is 3.14. The van der Waals surface area contributed by atoms with Crippen LogP contribution in [0.1, 0.15) is 15.9 Å². The SMILES string of the molecule is Cc1ccc2c(c1)OCO2.NC(=O)c1ccc2c(c1)OCO2. The molecule has 0 fully saturated rings. The van der Waals surface area contributed by atoms with E-state index in [9.17, 15) is 4.79 Å². The maximum absolute atomic E-state index is 10.7. The first kappa shape index (κ1) is 14.1. The fourth-order valence-electron chi connectivity index (χ4n) is 2.05. The van der Waals surface area contributed by atoms with Crippen molar-refractivity contribution in [2.24, 2.45) is 5.73 Å². The van der Waals surface area contributed by atoms with Gasteiger partial charge in [-0.15, -0.1) is 0 Å². The molecule has 0 aromatic heterocycles. The molecule has 0 aliphatic carbocycles. The Hall–Kier alpha value is -2.89. The van der Waals surface area contributed by atoms with Gasteiger partial charge in [-0.25, -0.2) is 0 Å². The van der Waals surface area contributed by atoms with Crippen LogP contribution in [-0.2, 0) is 0 Å². The summed E-state index contributed by atoms with van der Waals surface area (Å²) in [7, 11) is 0. The first-order valence-electron chi connectivity index (χ1n) is 6.69. The molecular formula is C16H15NO5. The zero-order chi connectivity index (χ0) is 15.5. The largest absolute Gasteiger partial charge is 0.454 e. The number of nitrogens with two attached hydrogens (primary N) is 1. The van der Waals surface area contributed by atoms with Gasteiger partial charge in [0.05, 0.1) is 0 Å². The molecule has 0 radical (unpaired) electrons. The number of rotatable bonds is 1. The molecule has 4 rings (SSSR count). The molecule has 2 heterocycles. The minimum absolute atomic E-state index is 0.206. The third kappa shape index (κ3) is 2.90. The van der Waals surface area contributed by atoms with E-state index in [1.54, 1.807) is 18.2 Å². The Balaban J connectivity index is 0.000000133. The summed E-state index contributed by atoms with van der Waals surface area (Å²) in [6, 6.07) is 10.8. The van der Waals surface area contributed by atoms with E-state index in [0.717, 1.165) is 11.5 Å². The number of amides is 1. The van der Waals surface area contributed by atoms with E-state index in [2.05, 4.69) is 0 Å². The Kier molecular flexibility index (Phi) is 3.74. The second-order valence-corrected chi connectivity index (χ2v) is 4.79. The topological polar surface area (TPSA) is 80.0 Å². The summed E-state index contributed by atoms with van der Waals surface area (Å²) in [5.41, 5.74) is 6.70. The van der Waals surface area contributed by atoms with Crippen molar-refractivity contribution in [1.29, 1.82) is 0 Å². The van der Waals surface area contributed by atoms with Crippen LogP contribution in [0.2, 0.25) is 0 Å². The highest BCUT2D eigenvalue weighted by atomic mass is 16.7. The van der Waals surface area contributed by atoms with E-state index < -0.39 is 5.91 Å². The second-order valence-electron chi connectivity index (χ2n) is 4.79. The summed E-state index contributed by atoms with van der Waals surface area (Å²) < 4.78 is 20.4. The lowest BCUT2D eigenvalue weighted by Gasteiger charge is -1.97. The molecule has 0 spiro atoms. The van der Waals surface area contributed by atoms with Gasteiger partial charge < -0.3 is 24.7 Å². The maximum atomic E-state index is 10.7. The van der Waals surface area contributed by atoms with Crippen LogP contribution in [0.4, 0.5) is 0 Å². The number of ether oxygens (including phenoxy) is 4. The van der Waals surface area contributed by atoms with Gasteiger partial charge >= 0.3 is 0 Å². The monoisotopic (exact) mass is 301 g/mol. The number of carbonyl (C=O) groups is 1. The predicted octanol–water partition coefficient (Wildman–Crippen LogP) is 2.24. The van der Waals surface area contributed by atoms with Gasteiger partial charge in [-0.3, -0.25) is 4.79 Å². The molecule has 2 aromatic rings. The van der Waals surface area contributed by atoms with Gasteiger partial charge in [-0.05, 0) is 42.8 Å². The Morgan fingerprint density at radius 1 is 0.864 bits per heavy atom. The van der Waals surface area contributed by atoms with E-state index in [0.29, 0.717) is 23.9 Å². The molecule has 2 N–H and O–H groups in total. The van der Waals surface area contributed by atoms with Crippen LogP contribution in [0.5, 0.6) is 23.0 Å². The number of fused-ring (bicyclic) bond motifs is 2. The third-order valence-electron chi connectivity index (χ3n) is 3.19. The van der Waals surface area contributed by atoms with Crippen molar-refractivity contribution < 1.29 is 23.7 Å². The van der Waals surface area contributed by atoms with Gasteiger partial charge in [0.2, 0.25) is 19.5 Å². The van der Waals surface area contributed by atoms with Gasteiger partial charge in [-0.2, -0.15) is 0 Å². The molecule has 6 nitrogen and oxygen atoms in total. The van der Waals surface area contributed by atoms with E-state index in [1.807, 2.05) is 25.1 Å². The Bertz CT molecular complexity index is 714. The fourth-order valence-corrected chi connectivity index (χ4v) is 2.05. The van der Waals surface area contributed by atoms with Gasteiger partial charge in [0, 0.05) is 5.56 Å². The Morgan fingerprint density at radius 3 is 2.05 bits per heavy atom. The highest BCUT2D eigenvalue weighted by Gasteiger charge is 2.14. The van der Waals surface area contributed by atoms with Crippen LogP contribution in [0.15, 0.2) is 36.4 Å². The van der Waals surface area contributed by atoms with Gasteiger partial charge in [0.25, 0.3) is 0 Å². The molecule has 0 atom stereocenters. The van der Waals surface area contributed by atoms with Crippen LogP contribution >= 0.6 is 0 Å². The molecule has 0 unspecified atom stereocenters. The lowest BCUT2D eigenvalue weighted by atomic mass is 10.2. The van der Waals surface area contributed by atoms with E-state index in [4.69, 9.17) is 24.7 Å². The van der Waals surface area contributed by atoms with Crippen molar-refractivity contribution in [1.82, 2.24) is 0 Å². The van der Waals surface area contributed by atoms with Crippen molar-refractivity contribution >= 4 is 5.91 Å². The van der Waals surface area contributed by atoms with Crippen molar-refractivity contribution in [2.75, 3.05) is 13.6 Å². The van der Waals surface area contributed by atoms with Crippen LogP contribution in [0.3, 0.4) is 0 Å². The molecule has 0 saturated carbocycles. The van der Waals surface area contributed by atoms with Crippen LogP contribution in [-0.4, -0.2) is 19.5 Å². The highest BCUT2D eigenvalue weighted by Crippen LogP contribution is 2.32. The molecule has 22 heavy (non-hydrogen) atoms. The summed E-state index contributed by atoms with van der Waals surface area (Å²) in [6.07, 6.45) is 0. The molecule has 1 amide bonds. The van der Waals surface area contributed by atoms with Crippen LogP contribution in [0, 0.1) is 6.92 Å². The van der Waals surface area contributed by atoms with Gasteiger partial charge in [0.1, 0.15) is 0 Å². The lowest BCUT2D eigenvalue weighted by molar-refractivity contribution is 0.1000. The predicted molar refractivity (Wildman–Crippen MR) is 78.4 cm³/mol. The zero-order valence-corrected chi connectivity index (χ0v) is 12.0. The van der Waals surface area contributed by atoms with Crippen LogP contribution in [0.25, 0.3) is 0 Å². The van der Waals surface area contributed by atoms with Gasteiger partial charge in [0.15, 0.2) is 23.0 Å². The summed E-state index contributed by atoms with van der Waals surface area (Å²) in [5, 5.41) is 0. The number of hydrogen-bond donors (Lipinski definition) is 1. The Labute approximate surface area is 127 Å². The van der Waals surface area contributed by atoms with Crippen molar-refractivity contribution in [3.8, 4) is 23.0 Å². The second kappa shape index (κ2) is 5.85. The molecule has 0 saturated heterocycles. The number of primary amides is 1. The van der Waals surface area contributed by atoms with Crippen molar-refractivity contribution in [3.05, 3.63) is 47.5 Å². The molecule has 114 valence electrons. The lowest BCUT2D eigenvalue weighted by Crippen LogP contribution is -2.10. The van der Waals surface area contributed by atoms with Gasteiger partial charge in [-0.1, -0.05) is 6.07 Å². The first-order chi connectivity index (χ1) is 10.6. The minimum Gasteiger partial charge on any atom is -0.454 e. The highest BCUT2D eigenvalue weighted by molar-refractivity contribution is 5.93. The Morgan fingerprint density at radius 2 is 1.41 bits per heavy atom. The number of hydrogen-bond acceptors (Lipinski definition) is 5. The number of aryl methyl sites for hydroxylation is 1. The standard InChI is InChI=1S/C8H7NO3.C8H8O2/c9-8(10)5-1-2-6-7(3-5)12-4-11-6;1-6-2-3-7-8(4-6)10-5-9-7/h1-3H,4H2,(H2,9,10);2-4H,5H2,1H3. The zero-order valence-electron chi connectivity index (χ0n) is 12.0. The molecule has 2 aromatic carbocycles. The van der Waals surface area contributed by atoms with Crippen molar-refractivity contribution in [3.63, 3.8) is 0 Å². The number of benzene rings is 2. The maximum Gasteiger partial charge on any atom is 0.248 e. The summed E-state index contributed by atoms with van der Waals surface area (Å²) >= 11 is 0. The normalized spacial score (nSPS) is 13.3. The smallest absolute Gasteiger partial charge is 0.248 e. The van der Waals surface area contributed by atoms with E-state index >= 15 is 0 Å². The molecule has 0 bridgehead atoms. The molecule has 6 heteroatoms. The number of carbonyl (C=O) groups excluding carboxylic acids is 1. The third-order valence-corrected chi connectivity index (χ3v) is 3.19. The first-order valence-corrected chi connectivity index (χ1v) is 6.69. The van der Waals surface area contributed by atoms with E-state index in [1.165, 1.54) is 5.56 Å². The average molecular weight is 301 g/mol. The minimum atomic E-state index is -0.465. The fraction of sp³-hybridized carbons (Fsp3) is 0.188. The summed E-state index contributed by atoms with van der Waals surface area (Å²) in [6.45, 7) is 2.60. The van der Waals surface area contributed by atoms with Crippen molar-refractivity contribution in [2.45, 2.75) is 6.92 Å². The van der Waals surface area contributed by atoms with Crippen LogP contribution < -0.4 is 24.7 Å². The summed E-state index contributed by atoms with van der Waals surface area (Å²) in [4.78, 5) is 10.7. The summed E-state index contributed by atoms with van der Waals surface area (Å²) in [5.74, 6) is 2.48. The van der Waals surface area contributed by atoms with E-state index in [-0.39, 0.29) is 6.79 Å². The molecule has 2 aliphatic heterocycles. The molecule has 2 aliphatic rings.